The van der Waals surface area contributed by atoms with Gasteiger partial charge in [-0.1, -0.05) is 17.7 Å². The van der Waals surface area contributed by atoms with E-state index in [0.717, 1.165) is 31.2 Å². The molecule has 0 amide bonds. The van der Waals surface area contributed by atoms with Crippen LogP contribution in [-0.4, -0.2) is 19.8 Å². The van der Waals surface area contributed by atoms with Gasteiger partial charge >= 0.3 is 0 Å². The molecule has 2 rings (SSSR count). The van der Waals surface area contributed by atoms with Crippen molar-refractivity contribution in [2.75, 3.05) is 19.8 Å². The van der Waals surface area contributed by atoms with Crippen molar-refractivity contribution in [3.63, 3.8) is 0 Å². The Balaban J connectivity index is 1.69. The number of rotatable bonds is 7. The highest BCUT2D eigenvalue weighted by atomic mass is 35.5. The maximum Gasteiger partial charge on any atom is 0.141 e. The summed E-state index contributed by atoms with van der Waals surface area (Å²) in [6, 6.07) is 4.97. The van der Waals surface area contributed by atoms with Gasteiger partial charge in [0.1, 0.15) is 5.82 Å². The van der Waals surface area contributed by atoms with Crippen LogP contribution in [0, 0.1) is 11.7 Å². The van der Waals surface area contributed by atoms with Crippen LogP contribution in [0.15, 0.2) is 18.2 Å². The molecule has 0 heterocycles. The van der Waals surface area contributed by atoms with Crippen LogP contribution in [0.1, 0.15) is 31.4 Å². The number of benzene rings is 1. The van der Waals surface area contributed by atoms with Crippen LogP contribution in [-0.2, 0) is 4.74 Å². The molecule has 0 aliphatic heterocycles. The first-order chi connectivity index (χ1) is 8.66. The minimum Gasteiger partial charge on any atom is -0.380 e. The van der Waals surface area contributed by atoms with Gasteiger partial charge < -0.3 is 10.1 Å². The molecule has 1 atom stereocenters. The lowest BCUT2D eigenvalue weighted by Crippen LogP contribution is -2.23. The van der Waals surface area contributed by atoms with Crippen LogP contribution in [0.2, 0.25) is 5.02 Å². The molecule has 4 heteroatoms. The van der Waals surface area contributed by atoms with Gasteiger partial charge in [0.05, 0.1) is 11.6 Å². The van der Waals surface area contributed by atoms with Gasteiger partial charge in [-0.2, -0.15) is 0 Å². The minimum atomic E-state index is -0.375. The third-order valence-corrected chi connectivity index (χ3v) is 3.48. The standard InChI is InChI=1S/C14H19ClFNO/c1-10(12-4-5-14(16)13(15)8-12)17-6-7-18-9-11-2-3-11/h4-5,8,10-11,17H,2-3,6-7,9H2,1H3. The van der Waals surface area contributed by atoms with Crippen molar-refractivity contribution >= 4 is 11.6 Å². The Morgan fingerprint density at radius 2 is 2.28 bits per heavy atom. The molecule has 1 unspecified atom stereocenters. The van der Waals surface area contributed by atoms with Crippen molar-refractivity contribution in [1.82, 2.24) is 5.32 Å². The second-order valence-electron chi connectivity index (χ2n) is 4.87. The maximum absolute atomic E-state index is 13.0. The lowest BCUT2D eigenvalue weighted by molar-refractivity contribution is 0.124. The van der Waals surface area contributed by atoms with E-state index in [-0.39, 0.29) is 16.9 Å². The fourth-order valence-electron chi connectivity index (χ4n) is 1.78. The molecule has 2 nitrogen and oxygen atoms in total. The summed E-state index contributed by atoms with van der Waals surface area (Å²) < 4.78 is 18.6. The van der Waals surface area contributed by atoms with E-state index in [9.17, 15) is 4.39 Å². The topological polar surface area (TPSA) is 21.3 Å². The molecule has 0 aromatic heterocycles. The Bertz CT molecular complexity index is 395. The van der Waals surface area contributed by atoms with E-state index >= 15 is 0 Å². The number of hydrogen-bond donors (Lipinski definition) is 1. The second kappa shape index (κ2) is 6.50. The third-order valence-electron chi connectivity index (χ3n) is 3.19. The SMILES string of the molecule is CC(NCCOCC1CC1)c1ccc(F)c(Cl)c1. The molecule has 1 aliphatic carbocycles. The van der Waals surface area contributed by atoms with E-state index in [1.165, 1.54) is 18.9 Å². The van der Waals surface area contributed by atoms with Crippen molar-refractivity contribution in [3.8, 4) is 0 Å². The zero-order chi connectivity index (χ0) is 13.0. The van der Waals surface area contributed by atoms with Crippen molar-refractivity contribution in [1.29, 1.82) is 0 Å². The minimum absolute atomic E-state index is 0.146. The molecular formula is C14H19ClFNO. The molecule has 18 heavy (non-hydrogen) atoms. The number of nitrogens with one attached hydrogen (secondary N) is 1. The highest BCUT2D eigenvalue weighted by Gasteiger charge is 2.20. The average molecular weight is 272 g/mol. The fraction of sp³-hybridized carbons (Fsp3) is 0.571. The molecule has 0 spiro atoms. The summed E-state index contributed by atoms with van der Waals surface area (Å²) in [7, 11) is 0. The van der Waals surface area contributed by atoms with Gasteiger partial charge in [-0.15, -0.1) is 0 Å². The summed E-state index contributed by atoms with van der Waals surface area (Å²) in [4.78, 5) is 0. The highest BCUT2D eigenvalue weighted by Crippen LogP contribution is 2.28. The van der Waals surface area contributed by atoms with Crippen LogP contribution in [0.4, 0.5) is 4.39 Å². The number of hydrogen-bond acceptors (Lipinski definition) is 2. The molecule has 1 aromatic rings. The molecule has 1 aliphatic rings. The van der Waals surface area contributed by atoms with Gasteiger partial charge in [-0.3, -0.25) is 0 Å². The smallest absolute Gasteiger partial charge is 0.141 e. The maximum atomic E-state index is 13.0. The molecular weight excluding hydrogens is 253 g/mol. The number of ether oxygens (including phenoxy) is 1. The lowest BCUT2D eigenvalue weighted by atomic mass is 10.1. The first kappa shape index (κ1) is 13.8. The molecule has 0 radical (unpaired) electrons. The lowest BCUT2D eigenvalue weighted by Gasteiger charge is -2.14. The predicted molar refractivity (Wildman–Crippen MR) is 71.4 cm³/mol. The van der Waals surface area contributed by atoms with Gasteiger partial charge in [0, 0.05) is 19.2 Å². The van der Waals surface area contributed by atoms with Crippen molar-refractivity contribution < 1.29 is 9.13 Å². The van der Waals surface area contributed by atoms with Gasteiger partial charge in [-0.25, -0.2) is 4.39 Å². The van der Waals surface area contributed by atoms with Crippen molar-refractivity contribution in [2.24, 2.45) is 5.92 Å². The Morgan fingerprint density at radius 1 is 1.50 bits per heavy atom. The Kier molecular flexibility index (Phi) is 4.98. The summed E-state index contributed by atoms with van der Waals surface area (Å²) in [6.07, 6.45) is 2.63. The molecule has 1 saturated carbocycles. The summed E-state index contributed by atoms with van der Waals surface area (Å²) in [5.41, 5.74) is 0.989. The van der Waals surface area contributed by atoms with Gasteiger partial charge in [0.25, 0.3) is 0 Å². The third kappa shape index (κ3) is 4.23. The van der Waals surface area contributed by atoms with Crippen molar-refractivity contribution in [2.45, 2.75) is 25.8 Å². The van der Waals surface area contributed by atoms with Crippen LogP contribution in [0.5, 0.6) is 0 Å². The molecule has 100 valence electrons. The fourth-order valence-corrected chi connectivity index (χ4v) is 1.97. The number of halogens is 2. The monoisotopic (exact) mass is 271 g/mol. The van der Waals surface area contributed by atoms with E-state index < -0.39 is 0 Å². The first-order valence-corrected chi connectivity index (χ1v) is 6.80. The van der Waals surface area contributed by atoms with Crippen molar-refractivity contribution in [3.05, 3.63) is 34.6 Å². The first-order valence-electron chi connectivity index (χ1n) is 6.43. The second-order valence-corrected chi connectivity index (χ2v) is 5.27. The van der Waals surface area contributed by atoms with Gasteiger partial charge in [0.2, 0.25) is 0 Å². The molecule has 1 N–H and O–H groups in total. The zero-order valence-electron chi connectivity index (χ0n) is 10.6. The Morgan fingerprint density at radius 3 is 2.94 bits per heavy atom. The molecule has 1 aromatic carbocycles. The van der Waals surface area contributed by atoms with Crippen LogP contribution < -0.4 is 5.32 Å². The van der Waals surface area contributed by atoms with Gasteiger partial charge in [0.15, 0.2) is 0 Å². The normalized spacial score (nSPS) is 16.8. The summed E-state index contributed by atoms with van der Waals surface area (Å²) in [6.45, 7) is 4.43. The van der Waals surface area contributed by atoms with E-state index in [1.54, 1.807) is 12.1 Å². The molecule has 0 bridgehead atoms. The highest BCUT2D eigenvalue weighted by molar-refractivity contribution is 6.30. The van der Waals surface area contributed by atoms with Crippen LogP contribution >= 0.6 is 11.6 Å². The van der Waals surface area contributed by atoms with E-state index in [1.807, 2.05) is 6.92 Å². The summed E-state index contributed by atoms with van der Waals surface area (Å²) in [5, 5.41) is 3.51. The van der Waals surface area contributed by atoms with E-state index in [2.05, 4.69) is 5.32 Å². The molecule has 1 fully saturated rings. The molecule has 0 saturated heterocycles. The van der Waals surface area contributed by atoms with Crippen LogP contribution in [0.25, 0.3) is 0 Å². The predicted octanol–water partition coefficient (Wildman–Crippen LogP) is 3.56. The Hall–Kier alpha value is -0.640. The summed E-state index contributed by atoms with van der Waals surface area (Å²) >= 11 is 5.76. The van der Waals surface area contributed by atoms with E-state index in [4.69, 9.17) is 16.3 Å². The Labute approximate surface area is 112 Å². The van der Waals surface area contributed by atoms with Crippen LogP contribution in [0.3, 0.4) is 0 Å². The largest absolute Gasteiger partial charge is 0.380 e. The van der Waals surface area contributed by atoms with Gasteiger partial charge in [-0.05, 0) is 43.4 Å². The van der Waals surface area contributed by atoms with E-state index in [0.29, 0.717) is 0 Å². The average Bonchev–Trinajstić information content (AvgIpc) is 3.16. The quantitative estimate of drug-likeness (QED) is 0.766. The zero-order valence-corrected chi connectivity index (χ0v) is 11.3. The summed E-state index contributed by atoms with van der Waals surface area (Å²) in [5.74, 6) is 0.429.